The molecule has 0 saturated heterocycles. The molecule has 46 heavy (non-hydrogen) atoms. The number of fused-ring (bicyclic) bond motifs is 2. The minimum absolute atomic E-state index is 0. The van der Waals surface area contributed by atoms with Crippen LogP contribution in [0, 0.1) is 5.92 Å². The van der Waals surface area contributed by atoms with E-state index in [1.807, 2.05) is 37.3 Å². The molecule has 0 fully saturated rings. The third-order valence-electron chi connectivity index (χ3n) is 8.22. The highest BCUT2D eigenvalue weighted by molar-refractivity contribution is 9.10. The van der Waals surface area contributed by atoms with Gasteiger partial charge in [0.2, 0.25) is 5.91 Å². The van der Waals surface area contributed by atoms with Gasteiger partial charge in [-0.05, 0) is 72.6 Å². The van der Waals surface area contributed by atoms with E-state index in [2.05, 4.69) is 21.2 Å². The summed E-state index contributed by atoms with van der Waals surface area (Å²) in [6, 6.07) is 19.9. The lowest BCUT2D eigenvalue weighted by Crippen LogP contribution is -2.53. The predicted octanol–water partition coefficient (Wildman–Crippen LogP) is 7.61. The summed E-state index contributed by atoms with van der Waals surface area (Å²) in [7, 11) is 1.58. The lowest BCUT2D eigenvalue weighted by Gasteiger charge is -2.27. The van der Waals surface area contributed by atoms with Gasteiger partial charge in [-0.1, -0.05) is 65.6 Å². The van der Waals surface area contributed by atoms with Crippen LogP contribution in [-0.2, 0) is 16.1 Å². The summed E-state index contributed by atoms with van der Waals surface area (Å²) in [5, 5.41) is 5.12. The second-order valence-corrected chi connectivity index (χ2v) is 12.3. The molecule has 8 nitrogen and oxygen atoms in total. The minimum atomic E-state index is -1.06. The maximum Gasteiger partial charge on any atom is 0.258 e. The summed E-state index contributed by atoms with van der Waals surface area (Å²) in [6.07, 6.45) is 0.583. The van der Waals surface area contributed by atoms with Gasteiger partial charge < -0.3 is 19.9 Å². The van der Waals surface area contributed by atoms with E-state index in [9.17, 15) is 19.2 Å². The Balaban J connectivity index is 0.00000480. The monoisotopic (exact) mass is 725 g/mol. The first kappa shape index (κ1) is 34.9. The number of Topliss-reactive ketones (excluding diaryl/α,β-unsaturated/α-hetero) is 1. The van der Waals surface area contributed by atoms with Crippen molar-refractivity contribution in [3.8, 4) is 5.75 Å². The maximum atomic E-state index is 14.5. The van der Waals surface area contributed by atoms with Crippen LogP contribution in [0.5, 0.6) is 5.75 Å². The summed E-state index contributed by atoms with van der Waals surface area (Å²) >= 11 is 10.1. The van der Waals surface area contributed by atoms with Crippen molar-refractivity contribution >= 4 is 85.6 Å². The molecule has 4 aromatic rings. The van der Waals surface area contributed by atoms with Crippen molar-refractivity contribution in [3.63, 3.8) is 0 Å². The van der Waals surface area contributed by atoms with E-state index < -0.39 is 11.9 Å². The van der Waals surface area contributed by atoms with Gasteiger partial charge in [0.05, 0.1) is 31.6 Å². The van der Waals surface area contributed by atoms with Crippen LogP contribution < -0.4 is 19.9 Å². The van der Waals surface area contributed by atoms with E-state index in [0.29, 0.717) is 39.7 Å². The number of nitrogens with zero attached hydrogens (tertiary/aromatic N) is 2. The summed E-state index contributed by atoms with van der Waals surface area (Å²) in [4.78, 5) is 56.8. The number of hydrogen-bond donors (Lipinski definition) is 1. The summed E-state index contributed by atoms with van der Waals surface area (Å²) in [5.74, 6) is -0.947. The molecule has 1 N–H and O–H groups in total. The molecule has 3 amide bonds. The molecule has 0 unspecified atom stereocenters. The van der Waals surface area contributed by atoms with Crippen LogP contribution in [-0.4, -0.2) is 43.2 Å². The number of anilines is 2. The average molecular weight is 727 g/mol. The molecule has 5 rings (SSSR count). The number of halogens is 3. The predicted molar refractivity (Wildman–Crippen MR) is 188 cm³/mol. The molecule has 2 atom stereocenters. The van der Waals surface area contributed by atoms with E-state index in [0.717, 1.165) is 20.8 Å². The molecule has 1 aliphatic heterocycles. The van der Waals surface area contributed by atoms with Crippen molar-refractivity contribution in [1.82, 2.24) is 5.32 Å². The second kappa shape index (κ2) is 14.7. The Hall–Kier alpha value is -3.92. The highest BCUT2D eigenvalue weighted by Crippen LogP contribution is 2.40. The first-order chi connectivity index (χ1) is 21.5. The number of hydrogen-bond acceptors (Lipinski definition) is 5. The van der Waals surface area contributed by atoms with Crippen molar-refractivity contribution in [3.05, 3.63) is 99.0 Å². The summed E-state index contributed by atoms with van der Waals surface area (Å²) in [6.45, 7) is 5.11. The zero-order valence-electron chi connectivity index (χ0n) is 25.8. The van der Waals surface area contributed by atoms with Crippen LogP contribution in [0.4, 0.5) is 11.4 Å². The van der Waals surface area contributed by atoms with Crippen LogP contribution >= 0.6 is 39.9 Å². The van der Waals surface area contributed by atoms with Crippen molar-refractivity contribution in [2.75, 3.05) is 23.5 Å². The van der Waals surface area contributed by atoms with Gasteiger partial charge >= 0.3 is 0 Å². The number of benzene rings is 4. The SMILES string of the molecule is CC[C@@H](C)C(=O)N[C@H]1CN(C(=O)c2ccc(C(C)=O)cc2)c2cc(Cl)ccc2N(Cc2c(OC)ccc3c(Br)cccc23)C1=O.Cl. The zero-order valence-corrected chi connectivity index (χ0v) is 29.0. The molecule has 0 aliphatic carbocycles. The van der Waals surface area contributed by atoms with Crippen LogP contribution in [0.3, 0.4) is 0 Å². The van der Waals surface area contributed by atoms with Crippen molar-refractivity contribution in [2.45, 2.75) is 39.8 Å². The first-order valence-corrected chi connectivity index (χ1v) is 15.8. The number of ketones is 1. The standard InChI is InChI=1S/C35H33BrClN3O5.ClH/c1-5-20(2)33(42)38-29-19-40(34(43)23-11-9-22(10-12-23)21(3)41)31-17-24(37)13-15-30(31)39(35(29)44)18-27-25-7-6-8-28(36)26(25)14-16-32(27)45-4;/h6-17,20,29H,5,18-19H2,1-4H3,(H,38,42);1H/t20-,29+;/m1./s1. The van der Waals surface area contributed by atoms with Gasteiger partial charge in [0.1, 0.15) is 11.8 Å². The molecule has 0 bridgehead atoms. The van der Waals surface area contributed by atoms with Gasteiger partial charge in [-0.25, -0.2) is 0 Å². The molecule has 1 heterocycles. The number of rotatable bonds is 8. The van der Waals surface area contributed by atoms with E-state index in [1.54, 1.807) is 61.4 Å². The number of carbonyl (C=O) groups is 4. The average Bonchev–Trinajstić information content (AvgIpc) is 3.14. The van der Waals surface area contributed by atoms with E-state index in [-0.39, 0.29) is 49.0 Å². The van der Waals surface area contributed by atoms with Gasteiger partial charge in [-0.15, -0.1) is 12.4 Å². The van der Waals surface area contributed by atoms with Gasteiger partial charge in [-0.2, -0.15) is 0 Å². The van der Waals surface area contributed by atoms with E-state index in [4.69, 9.17) is 16.3 Å². The highest BCUT2D eigenvalue weighted by atomic mass is 79.9. The molecule has 0 aromatic heterocycles. The van der Waals surface area contributed by atoms with E-state index in [1.165, 1.54) is 11.8 Å². The Morgan fingerprint density at radius 3 is 2.35 bits per heavy atom. The molecule has 240 valence electrons. The number of ether oxygens (including phenoxy) is 1. The topological polar surface area (TPSA) is 96.0 Å². The third-order valence-corrected chi connectivity index (χ3v) is 9.15. The van der Waals surface area contributed by atoms with Gasteiger partial charge in [0, 0.05) is 32.1 Å². The Labute approximate surface area is 287 Å². The molecular weight excluding hydrogens is 693 g/mol. The molecule has 1 aliphatic rings. The zero-order chi connectivity index (χ0) is 32.4. The van der Waals surface area contributed by atoms with Crippen LogP contribution in [0.2, 0.25) is 5.02 Å². The Morgan fingerprint density at radius 2 is 1.70 bits per heavy atom. The van der Waals surface area contributed by atoms with Gasteiger partial charge in [0.15, 0.2) is 5.78 Å². The van der Waals surface area contributed by atoms with Gasteiger partial charge in [0.25, 0.3) is 11.8 Å². The molecule has 11 heteroatoms. The second-order valence-electron chi connectivity index (χ2n) is 11.1. The Morgan fingerprint density at radius 1 is 1.00 bits per heavy atom. The number of carbonyl (C=O) groups excluding carboxylic acids is 4. The van der Waals surface area contributed by atoms with Crippen molar-refractivity contribution < 1.29 is 23.9 Å². The van der Waals surface area contributed by atoms with Gasteiger partial charge in [-0.3, -0.25) is 19.2 Å². The molecular formula is C35H34BrCl2N3O5. The number of methoxy groups -OCH3 is 1. The smallest absolute Gasteiger partial charge is 0.258 e. The normalized spacial score (nSPS) is 15.0. The fourth-order valence-electron chi connectivity index (χ4n) is 5.45. The fraction of sp³-hybridized carbons (Fsp3) is 0.257. The lowest BCUT2D eigenvalue weighted by atomic mass is 10.0. The van der Waals surface area contributed by atoms with Crippen LogP contribution in [0.25, 0.3) is 10.8 Å². The maximum absolute atomic E-state index is 14.5. The number of amides is 3. The highest BCUT2D eigenvalue weighted by Gasteiger charge is 2.38. The Kier molecular flexibility index (Phi) is 11.1. The lowest BCUT2D eigenvalue weighted by molar-refractivity contribution is -0.129. The van der Waals surface area contributed by atoms with E-state index >= 15 is 0 Å². The fourth-order valence-corrected chi connectivity index (χ4v) is 6.11. The summed E-state index contributed by atoms with van der Waals surface area (Å²) < 4.78 is 6.65. The molecule has 4 aromatic carbocycles. The number of nitrogens with one attached hydrogen (secondary N) is 1. The minimum Gasteiger partial charge on any atom is -0.496 e. The molecule has 0 radical (unpaired) electrons. The molecule has 0 saturated carbocycles. The Bertz CT molecular complexity index is 1810. The van der Waals surface area contributed by atoms with Crippen LogP contribution in [0.1, 0.15) is 53.5 Å². The van der Waals surface area contributed by atoms with Crippen molar-refractivity contribution in [1.29, 1.82) is 0 Å². The van der Waals surface area contributed by atoms with Crippen molar-refractivity contribution in [2.24, 2.45) is 5.92 Å². The molecule has 0 spiro atoms. The third kappa shape index (κ3) is 6.92. The largest absolute Gasteiger partial charge is 0.496 e. The first-order valence-electron chi connectivity index (χ1n) is 14.6. The van der Waals surface area contributed by atoms with Crippen LogP contribution in [0.15, 0.2) is 77.3 Å². The quantitative estimate of drug-likeness (QED) is 0.189. The summed E-state index contributed by atoms with van der Waals surface area (Å²) in [5.41, 5.74) is 2.42.